The number of aromatic nitrogens is 1. The Morgan fingerprint density at radius 1 is 1.10 bits per heavy atom. The number of pyridine rings is 1. The van der Waals surface area contributed by atoms with E-state index in [0.717, 1.165) is 24.2 Å². The SMILES string of the molecule is CCOC(=O)c1cnc2c(OC)cccc2c1Nc1ccc(N2CCCCC2)cc1. The fourth-order valence-corrected chi connectivity index (χ4v) is 3.91. The summed E-state index contributed by atoms with van der Waals surface area (Å²) in [5.41, 5.74) is 3.89. The summed E-state index contributed by atoms with van der Waals surface area (Å²) < 4.78 is 10.7. The molecule has 0 unspecified atom stereocenters. The van der Waals surface area contributed by atoms with Gasteiger partial charge in [-0.05, 0) is 56.5 Å². The van der Waals surface area contributed by atoms with Crippen molar-refractivity contribution in [1.82, 2.24) is 4.98 Å². The first-order valence-electron chi connectivity index (χ1n) is 10.5. The molecule has 4 rings (SSSR count). The molecule has 1 saturated heterocycles. The van der Waals surface area contributed by atoms with E-state index in [1.807, 2.05) is 30.3 Å². The number of carbonyl (C=O) groups excluding carboxylic acids is 1. The van der Waals surface area contributed by atoms with Gasteiger partial charge in [-0.15, -0.1) is 0 Å². The number of carbonyl (C=O) groups is 1. The Morgan fingerprint density at radius 3 is 2.57 bits per heavy atom. The summed E-state index contributed by atoms with van der Waals surface area (Å²) in [5.74, 6) is 0.258. The number of piperidine rings is 1. The number of esters is 1. The van der Waals surface area contributed by atoms with E-state index in [2.05, 4.69) is 27.3 Å². The average Bonchev–Trinajstić information content (AvgIpc) is 2.80. The molecular weight excluding hydrogens is 378 g/mol. The molecule has 3 aromatic rings. The van der Waals surface area contributed by atoms with E-state index in [9.17, 15) is 4.79 Å². The van der Waals surface area contributed by atoms with Crippen LogP contribution in [0.15, 0.2) is 48.7 Å². The maximum absolute atomic E-state index is 12.6. The molecule has 2 aromatic carbocycles. The van der Waals surface area contributed by atoms with Gasteiger partial charge in [0, 0.05) is 36.0 Å². The largest absolute Gasteiger partial charge is 0.494 e. The first-order valence-corrected chi connectivity index (χ1v) is 10.5. The Bertz CT molecular complexity index is 1030. The van der Waals surface area contributed by atoms with Gasteiger partial charge in [0.15, 0.2) is 0 Å². The molecule has 0 bridgehead atoms. The maximum Gasteiger partial charge on any atom is 0.341 e. The maximum atomic E-state index is 12.6. The van der Waals surface area contributed by atoms with Crippen LogP contribution in [-0.2, 0) is 4.74 Å². The Morgan fingerprint density at radius 2 is 1.87 bits per heavy atom. The van der Waals surface area contributed by atoms with Gasteiger partial charge in [0.25, 0.3) is 0 Å². The molecule has 1 N–H and O–H groups in total. The van der Waals surface area contributed by atoms with Crippen molar-refractivity contribution in [1.29, 1.82) is 0 Å². The second-order valence-corrected chi connectivity index (χ2v) is 7.34. The molecule has 156 valence electrons. The van der Waals surface area contributed by atoms with Crippen LogP contribution < -0.4 is 15.0 Å². The van der Waals surface area contributed by atoms with Crippen molar-refractivity contribution in [3.63, 3.8) is 0 Å². The second kappa shape index (κ2) is 9.03. The number of anilines is 3. The van der Waals surface area contributed by atoms with Crippen LogP contribution in [0.5, 0.6) is 5.75 Å². The molecule has 30 heavy (non-hydrogen) atoms. The van der Waals surface area contributed by atoms with E-state index in [4.69, 9.17) is 9.47 Å². The van der Waals surface area contributed by atoms with E-state index in [0.29, 0.717) is 29.1 Å². The fourth-order valence-electron chi connectivity index (χ4n) is 3.91. The molecule has 0 aliphatic carbocycles. The molecule has 0 amide bonds. The van der Waals surface area contributed by atoms with Gasteiger partial charge in [0.2, 0.25) is 0 Å². The summed E-state index contributed by atoms with van der Waals surface area (Å²) in [6.07, 6.45) is 5.35. The summed E-state index contributed by atoms with van der Waals surface area (Å²) in [6, 6.07) is 14.0. The molecule has 1 aliphatic rings. The van der Waals surface area contributed by atoms with Crippen molar-refractivity contribution < 1.29 is 14.3 Å². The first kappa shape index (κ1) is 20.0. The minimum Gasteiger partial charge on any atom is -0.494 e. The third-order valence-electron chi connectivity index (χ3n) is 5.43. The highest BCUT2D eigenvalue weighted by molar-refractivity contribution is 6.07. The van der Waals surface area contributed by atoms with Crippen LogP contribution in [0.4, 0.5) is 17.1 Å². The summed E-state index contributed by atoms with van der Waals surface area (Å²) in [4.78, 5) is 19.5. The van der Waals surface area contributed by atoms with Crippen molar-refractivity contribution in [2.24, 2.45) is 0 Å². The molecule has 0 spiro atoms. The predicted octanol–water partition coefficient (Wildman–Crippen LogP) is 5.15. The number of nitrogens with zero attached hydrogens (tertiary/aromatic N) is 2. The van der Waals surface area contributed by atoms with Gasteiger partial charge < -0.3 is 19.7 Å². The van der Waals surface area contributed by atoms with Crippen LogP contribution in [0.25, 0.3) is 10.9 Å². The van der Waals surface area contributed by atoms with Crippen molar-refractivity contribution >= 4 is 33.9 Å². The number of hydrogen-bond acceptors (Lipinski definition) is 6. The lowest BCUT2D eigenvalue weighted by Crippen LogP contribution is -2.29. The summed E-state index contributed by atoms with van der Waals surface area (Å²) in [7, 11) is 1.61. The number of para-hydroxylation sites is 1. The molecule has 2 heterocycles. The Balaban J connectivity index is 1.71. The van der Waals surface area contributed by atoms with Crippen molar-refractivity contribution in [3.05, 3.63) is 54.2 Å². The highest BCUT2D eigenvalue weighted by Crippen LogP contribution is 2.34. The number of fused-ring (bicyclic) bond motifs is 1. The number of hydrogen-bond donors (Lipinski definition) is 1. The third kappa shape index (κ3) is 4.03. The molecular formula is C24H27N3O3. The van der Waals surface area contributed by atoms with Gasteiger partial charge in [0.05, 0.1) is 19.4 Å². The highest BCUT2D eigenvalue weighted by atomic mass is 16.5. The van der Waals surface area contributed by atoms with Gasteiger partial charge >= 0.3 is 5.97 Å². The number of methoxy groups -OCH3 is 1. The minimum atomic E-state index is -0.401. The van der Waals surface area contributed by atoms with Crippen molar-refractivity contribution in [2.75, 3.05) is 37.0 Å². The number of nitrogens with one attached hydrogen (secondary N) is 1. The van der Waals surface area contributed by atoms with E-state index in [1.165, 1.54) is 24.9 Å². The molecule has 0 saturated carbocycles. The fraction of sp³-hybridized carbons (Fsp3) is 0.333. The average molecular weight is 405 g/mol. The van der Waals surface area contributed by atoms with E-state index < -0.39 is 5.97 Å². The van der Waals surface area contributed by atoms with E-state index >= 15 is 0 Å². The zero-order valence-electron chi connectivity index (χ0n) is 17.5. The molecule has 6 heteroatoms. The Hall–Kier alpha value is -3.28. The van der Waals surface area contributed by atoms with Crippen LogP contribution in [0.1, 0.15) is 36.5 Å². The normalized spacial score (nSPS) is 13.9. The molecule has 0 radical (unpaired) electrons. The summed E-state index contributed by atoms with van der Waals surface area (Å²) in [6.45, 7) is 4.31. The monoisotopic (exact) mass is 405 g/mol. The third-order valence-corrected chi connectivity index (χ3v) is 5.43. The summed E-state index contributed by atoms with van der Waals surface area (Å²) in [5, 5.41) is 4.23. The number of benzene rings is 2. The number of ether oxygens (including phenoxy) is 2. The molecule has 1 aliphatic heterocycles. The van der Waals surface area contributed by atoms with Crippen LogP contribution >= 0.6 is 0 Å². The lowest BCUT2D eigenvalue weighted by Gasteiger charge is -2.29. The zero-order valence-corrected chi connectivity index (χ0v) is 17.5. The highest BCUT2D eigenvalue weighted by Gasteiger charge is 2.19. The van der Waals surface area contributed by atoms with Crippen LogP contribution in [-0.4, -0.2) is 37.8 Å². The van der Waals surface area contributed by atoms with E-state index in [-0.39, 0.29) is 0 Å². The standard InChI is InChI=1S/C24H27N3O3/c1-3-30-24(28)20-16-25-23-19(8-7-9-21(23)29-2)22(20)26-17-10-12-18(13-11-17)27-14-5-4-6-15-27/h7-13,16H,3-6,14-15H2,1-2H3,(H,25,26). The Kier molecular flexibility index (Phi) is 6.02. The molecule has 0 atom stereocenters. The minimum absolute atomic E-state index is 0.305. The lowest BCUT2D eigenvalue weighted by molar-refractivity contribution is 0.0527. The molecule has 6 nitrogen and oxygen atoms in total. The quantitative estimate of drug-likeness (QED) is 0.572. The van der Waals surface area contributed by atoms with Crippen LogP contribution in [0.3, 0.4) is 0 Å². The topological polar surface area (TPSA) is 63.7 Å². The predicted molar refractivity (Wildman–Crippen MR) is 120 cm³/mol. The zero-order chi connectivity index (χ0) is 20.9. The van der Waals surface area contributed by atoms with Gasteiger partial charge in [-0.3, -0.25) is 4.98 Å². The van der Waals surface area contributed by atoms with Gasteiger partial charge in [-0.1, -0.05) is 12.1 Å². The summed E-state index contributed by atoms with van der Waals surface area (Å²) >= 11 is 0. The van der Waals surface area contributed by atoms with Crippen LogP contribution in [0.2, 0.25) is 0 Å². The van der Waals surface area contributed by atoms with Crippen LogP contribution in [0, 0.1) is 0 Å². The molecule has 1 fully saturated rings. The van der Waals surface area contributed by atoms with Crippen molar-refractivity contribution in [2.45, 2.75) is 26.2 Å². The lowest BCUT2D eigenvalue weighted by atomic mass is 10.1. The first-order chi connectivity index (χ1) is 14.7. The molecule has 1 aromatic heterocycles. The van der Waals surface area contributed by atoms with Gasteiger partial charge in [-0.2, -0.15) is 0 Å². The second-order valence-electron chi connectivity index (χ2n) is 7.34. The number of rotatable bonds is 6. The smallest absolute Gasteiger partial charge is 0.341 e. The Labute approximate surface area is 176 Å². The van der Waals surface area contributed by atoms with Gasteiger partial charge in [-0.25, -0.2) is 4.79 Å². The van der Waals surface area contributed by atoms with E-state index in [1.54, 1.807) is 20.2 Å². The van der Waals surface area contributed by atoms with Crippen molar-refractivity contribution in [3.8, 4) is 5.75 Å². The van der Waals surface area contributed by atoms with Gasteiger partial charge in [0.1, 0.15) is 16.8 Å².